The summed E-state index contributed by atoms with van der Waals surface area (Å²) in [7, 11) is 0. The summed E-state index contributed by atoms with van der Waals surface area (Å²) in [6.07, 6.45) is 0.793. The van der Waals surface area contributed by atoms with E-state index in [1.165, 1.54) is 16.7 Å². The molecule has 8 nitrogen and oxygen atoms in total. The number of aryl methyl sites for hydroxylation is 1. The summed E-state index contributed by atoms with van der Waals surface area (Å²) in [6.45, 7) is 6.87. The molecule has 0 unspecified atom stereocenters. The van der Waals surface area contributed by atoms with Crippen LogP contribution in [0.4, 0.5) is 20.6 Å². The van der Waals surface area contributed by atoms with Crippen LogP contribution in [0.1, 0.15) is 36.8 Å². The highest BCUT2D eigenvalue weighted by molar-refractivity contribution is 6.04. The Hall–Kier alpha value is -3.88. The van der Waals surface area contributed by atoms with Gasteiger partial charge in [0.25, 0.3) is 5.91 Å². The molecule has 3 aromatic rings. The number of aromatic amines is 1. The molecule has 0 spiro atoms. The molecule has 0 radical (unpaired) electrons. The van der Waals surface area contributed by atoms with Gasteiger partial charge in [-0.2, -0.15) is 0 Å². The van der Waals surface area contributed by atoms with E-state index in [0.717, 1.165) is 11.8 Å². The van der Waals surface area contributed by atoms with Crippen molar-refractivity contribution >= 4 is 23.4 Å². The van der Waals surface area contributed by atoms with Gasteiger partial charge in [-0.15, -0.1) is 0 Å². The lowest BCUT2D eigenvalue weighted by Gasteiger charge is -2.20. The molecule has 1 heterocycles. The van der Waals surface area contributed by atoms with Crippen LogP contribution >= 0.6 is 0 Å². The quantitative estimate of drug-likeness (QED) is 0.581. The van der Waals surface area contributed by atoms with E-state index in [9.17, 15) is 18.8 Å². The van der Waals surface area contributed by atoms with E-state index >= 15 is 0 Å². The van der Waals surface area contributed by atoms with Crippen molar-refractivity contribution in [1.82, 2.24) is 9.55 Å². The minimum atomic E-state index is -0.805. The highest BCUT2D eigenvalue weighted by Gasteiger charge is 2.18. The van der Waals surface area contributed by atoms with Gasteiger partial charge in [0.1, 0.15) is 11.4 Å². The Balaban J connectivity index is 1.73. The number of amides is 2. The van der Waals surface area contributed by atoms with Gasteiger partial charge in [0.05, 0.1) is 11.4 Å². The number of anilines is 2. The lowest BCUT2D eigenvalue weighted by Crippen LogP contribution is -2.27. The summed E-state index contributed by atoms with van der Waals surface area (Å²) in [5.74, 6) is -1.10. The van der Waals surface area contributed by atoms with Crippen molar-refractivity contribution < 1.29 is 18.7 Å². The van der Waals surface area contributed by atoms with Crippen LogP contribution in [0.25, 0.3) is 5.69 Å². The summed E-state index contributed by atoms with van der Waals surface area (Å²) in [6, 6.07) is 10.3. The molecule has 3 N–H and O–H groups in total. The fraction of sp³-hybridized carbons (Fsp3) is 0.227. The monoisotopic (exact) mass is 426 g/mol. The van der Waals surface area contributed by atoms with Crippen LogP contribution < -0.4 is 16.3 Å². The van der Waals surface area contributed by atoms with E-state index in [0.29, 0.717) is 16.9 Å². The number of hydrogen-bond acceptors (Lipinski definition) is 4. The van der Waals surface area contributed by atoms with E-state index in [1.54, 1.807) is 58.2 Å². The molecular formula is C22H23FN4O4. The Labute approximate surface area is 178 Å². The second-order valence-electron chi connectivity index (χ2n) is 7.89. The van der Waals surface area contributed by atoms with Crippen LogP contribution in [0.2, 0.25) is 0 Å². The maximum atomic E-state index is 14.1. The zero-order chi connectivity index (χ0) is 22.8. The van der Waals surface area contributed by atoms with E-state index in [2.05, 4.69) is 15.6 Å². The Morgan fingerprint density at radius 2 is 1.74 bits per heavy atom. The molecular weight excluding hydrogens is 403 g/mol. The van der Waals surface area contributed by atoms with Gasteiger partial charge >= 0.3 is 11.8 Å². The van der Waals surface area contributed by atoms with E-state index in [1.807, 2.05) is 0 Å². The highest BCUT2D eigenvalue weighted by atomic mass is 19.1. The molecule has 0 bridgehead atoms. The number of carbonyl (C=O) groups is 2. The molecule has 162 valence electrons. The Morgan fingerprint density at radius 3 is 2.32 bits per heavy atom. The number of hydrogen-bond donors (Lipinski definition) is 3. The number of H-pyrrole nitrogens is 1. The zero-order valence-electron chi connectivity index (χ0n) is 17.6. The number of carbonyl (C=O) groups excluding carboxylic acids is 2. The van der Waals surface area contributed by atoms with Gasteiger partial charge in [0, 0.05) is 23.1 Å². The summed E-state index contributed by atoms with van der Waals surface area (Å²) >= 11 is 0. The first-order valence-electron chi connectivity index (χ1n) is 9.52. The number of rotatable bonds is 4. The molecule has 2 aromatic carbocycles. The van der Waals surface area contributed by atoms with Crippen LogP contribution in [0.3, 0.4) is 0 Å². The largest absolute Gasteiger partial charge is 0.444 e. The maximum absolute atomic E-state index is 14.1. The summed E-state index contributed by atoms with van der Waals surface area (Å²) in [5.41, 5.74) is 0.859. The zero-order valence-corrected chi connectivity index (χ0v) is 17.6. The molecule has 0 aliphatic carbocycles. The van der Waals surface area contributed by atoms with E-state index < -0.39 is 23.4 Å². The molecule has 1 aromatic heterocycles. The standard InChI is InChI=1S/C22H23FN4O4/c1-13-12-24-20(29)27(13)16-8-5-14(6-9-16)19(28)25-15-7-10-17(23)18(11-15)26-21(30)31-22(2,3)4/h5-12H,1-4H3,(H,24,29)(H,25,28)(H,26,30). The molecule has 0 aliphatic heterocycles. The van der Waals surface area contributed by atoms with Crippen molar-refractivity contribution in [3.8, 4) is 5.69 Å². The lowest BCUT2D eigenvalue weighted by atomic mass is 10.1. The third-order valence-corrected chi connectivity index (χ3v) is 4.21. The predicted molar refractivity (Wildman–Crippen MR) is 115 cm³/mol. The summed E-state index contributed by atoms with van der Waals surface area (Å²) in [5, 5.41) is 4.98. The molecule has 0 saturated heterocycles. The lowest BCUT2D eigenvalue weighted by molar-refractivity contribution is 0.0635. The van der Waals surface area contributed by atoms with Crippen LogP contribution in [0.5, 0.6) is 0 Å². The first-order valence-corrected chi connectivity index (χ1v) is 9.52. The van der Waals surface area contributed by atoms with Crippen molar-refractivity contribution in [1.29, 1.82) is 0 Å². The third-order valence-electron chi connectivity index (χ3n) is 4.21. The number of aromatic nitrogens is 2. The molecule has 0 saturated carbocycles. The minimum Gasteiger partial charge on any atom is -0.444 e. The van der Waals surface area contributed by atoms with Gasteiger partial charge < -0.3 is 15.0 Å². The molecule has 0 aliphatic rings. The van der Waals surface area contributed by atoms with Crippen molar-refractivity contribution in [3.63, 3.8) is 0 Å². The van der Waals surface area contributed by atoms with Crippen LogP contribution in [-0.4, -0.2) is 27.2 Å². The first-order chi connectivity index (χ1) is 14.5. The normalized spacial score (nSPS) is 11.1. The van der Waals surface area contributed by atoms with Gasteiger partial charge in [-0.1, -0.05) is 0 Å². The molecule has 3 rings (SSSR count). The number of nitrogens with zero attached hydrogens (tertiary/aromatic N) is 1. The highest BCUT2D eigenvalue weighted by Crippen LogP contribution is 2.21. The van der Waals surface area contributed by atoms with E-state index in [-0.39, 0.29) is 11.4 Å². The van der Waals surface area contributed by atoms with E-state index in [4.69, 9.17) is 4.74 Å². The average Bonchev–Trinajstić information content (AvgIpc) is 3.01. The second-order valence-corrected chi connectivity index (χ2v) is 7.89. The van der Waals surface area contributed by atoms with Crippen molar-refractivity contribution in [2.24, 2.45) is 0 Å². The van der Waals surface area contributed by atoms with Gasteiger partial charge in [-0.25, -0.2) is 14.0 Å². The van der Waals surface area contributed by atoms with Crippen LogP contribution in [-0.2, 0) is 4.74 Å². The minimum absolute atomic E-state index is 0.121. The van der Waals surface area contributed by atoms with Gasteiger partial charge in [0.15, 0.2) is 0 Å². The van der Waals surface area contributed by atoms with Crippen molar-refractivity contribution in [2.45, 2.75) is 33.3 Å². The van der Waals surface area contributed by atoms with Crippen molar-refractivity contribution in [3.05, 3.63) is 76.2 Å². The first kappa shape index (κ1) is 21.8. The Bertz CT molecular complexity index is 1170. The molecule has 9 heteroatoms. The number of nitrogens with one attached hydrogen (secondary N) is 3. The molecule has 2 amide bonds. The summed E-state index contributed by atoms with van der Waals surface area (Å²) in [4.78, 5) is 38.9. The topological polar surface area (TPSA) is 105 Å². The van der Waals surface area contributed by atoms with Gasteiger partial charge in [0.2, 0.25) is 0 Å². The molecule has 0 atom stereocenters. The second kappa shape index (κ2) is 8.47. The number of halogens is 1. The van der Waals surface area contributed by atoms with Crippen LogP contribution in [0, 0.1) is 12.7 Å². The smallest absolute Gasteiger partial charge is 0.412 e. The summed E-state index contributed by atoms with van der Waals surface area (Å²) < 4.78 is 20.7. The maximum Gasteiger partial charge on any atom is 0.412 e. The number of benzene rings is 2. The Morgan fingerprint density at radius 1 is 1.06 bits per heavy atom. The number of ether oxygens (including phenoxy) is 1. The molecule has 0 fully saturated rings. The molecule has 31 heavy (non-hydrogen) atoms. The SMILES string of the molecule is Cc1c[nH]c(=O)n1-c1ccc(C(=O)Nc2ccc(F)c(NC(=O)OC(C)(C)C)c2)cc1. The fourth-order valence-corrected chi connectivity index (χ4v) is 2.85. The third kappa shape index (κ3) is 5.39. The van der Waals surface area contributed by atoms with Gasteiger partial charge in [-0.05, 0) is 70.2 Å². The average molecular weight is 426 g/mol. The van der Waals surface area contributed by atoms with Crippen molar-refractivity contribution in [2.75, 3.05) is 10.6 Å². The fourth-order valence-electron chi connectivity index (χ4n) is 2.85. The van der Waals surface area contributed by atoms with Gasteiger partial charge in [-0.3, -0.25) is 14.7 Å². The predicted octanol–water partition coefficient (Wildman–Crippen LogP) is 4.21. The Kier molecular flexibility index (Phi) is 5.96. The van der Waals surface area contributed by atoms with Crippen LogP contribution in [0.15, 0.2) is 53.5 Å². The number of imidazole rings is 1.